The average molecular weight is 230 g/mol. The van der Waals surface area contributed by atoms with Crippen LogP contribution in [0.3, 0.4) is 0 Å². The lowest BCUT2D eigenvalue weighted by Gasteiger charge is -2.04. The number of benzene rings is 1. The standard InChI is InChI=1S/C12H7FN2S/c13-11-4-2-1-3-9(11)8-5-6-15-12(16)10(8)7-14/h1-6H,(H,15,16). The molecule has 0 unspecified atom stereocenters. The number of hydrogen-bond donors (Lipinski definition) is 1. The van der Waals surface area contributed by atoms with Crippen LogP contribution in [0.2, 0.25) is 0 Å². The van der Waals surface area contributed by atoms with E-state index in [1.165, 1.54) is 6.07 Å². The number of aromatic nitrogens is 1. The van der Waals surface area contributed by atoms with Gasteiger partial charge in [0.2, 0.25) is 0 Å². The van der Waals surface area contributed by atoms with Crippen LogP contribution in [0.25, 0.3) is 11.1 Å². The molecule has 0 fully saturated rings. The van der Waals surface area contributed by atoms with Crippen LogP contribution in [-0.4, -0.2) is 4.98 Å². The number of rotatable bonds is 1. The van der Waals surface area contributed by atoms with Crippen molar-refractivity contribution >= 4 is 12.2 Å². The fourth-order valence-corrected chi connectivity index (χ4v) is 1.72. The maximum atomic E-state index is 13.6. The number of halogens is 1. The molecule has 78 valence electrons. The molecule has 0 aliphatic carbocycles. The first kappa shape index (κ1) is 10.5. The van der Waals surface area contributed by atoms with E-state index in [9.17, 15) is 4.39 Å². The van der Waals surface area contributed by atoms with E-state index in [1.54, 1.807) is 30.5 Å². The minimum absolute atomic E-state index is 0.294. The van der Waals surface area contributed by atoms with Crippen molar-refractivity contribution in [3.8, 4) is 17.2 Å². The molecule has 1 aromatic carbocycles. The molecule has 0 bridgehead atoms. The molecule has 16 heavy (non-hydrogen) atoms. The molecule has 0 saturated heterocycles. The molecule has 0 aliphatic rings. The molecule has 0 radical (unpaired) electrons. The number of nitrogens with zero attached hydrogens (tertiary/aromatic N) is 1. The van der Waals surface area contributed by atoms with E-state index in [-0.39, 0.29) is 5.82 Å². The van der Waals surface area contributed by atoms with E-state index in [2.05, 4.69) is 4.98 Å². The van der Waals surface area contributed by atoms with E-state index < -0.39 is 0 Å². The first-order chi connectivity index (χ1) is 7.74. The molecule has 1 heterocycles. The van der Waals surface area contributed by atoms with Crippen molar-refractivity contribution in [1.29, 1.82) is 5.26 Å². The fraction of sp³-hybridized carbons (Fsp3) is 0. The Kier molecular flexibility index (Phi) is 2.80. The lowest BCUT2D eigenvalue weighted by molar-refractivity contribution is 0.631. The Labute approximate surface area is 97.0 Å². The second-order valence-electron chi connectivity index (χ2n) is 3.19. The molecule has 2 nitrogen and oxygen atoms in total. The summed E-state index contributed by atoms with van der Waals surface area (Å²) in [4.78, 5) is 2.75. The van der Waals surface area contributed by atoms with Crippen LogP contribution in [0.15, 0.2) is 36.5 Å². The highest BCUT2D eigenvalue weighted by molar-refractivity contribution is 7.71. The monoisotopic (exact) mass is 230 g/mol. The van der Waals surface area contributed by atoms with Gasteiger partial charge in [0.15, 0.2) is 0 Å². The van der Waals surface area contributed by atoms with Crippen molar-refractivity contribution in [2.24, 2.45) is 0 Å². The molecule has 4 heteroatoms. The van der Waals surface area contributed by atoms with Crippen molar-refractivity contribution < 1.29 is 4.39 Å². The van der Waals surface area contributed by atoms with Gasteiger partial charge in [-0.15, -0.1) is 0 Å². The summed E-state index contributed by atoms with van der Waals surface area (Å²) in [6, 6.07) is 9.94. The molecule has 2 aromatic rings. The number of H-pyrrole nitrogens is 1. The molecular weight excluding hydrogens is 223 g/mol. The van der Waals surface area contributed by atoms with Crippen molar-refractivity contribution in [2.45, 2.75) is 0 Å². The van der Waals surface area contributed by atoms with Gasteiger partial charge in [0.1, 0.15) is 16.5 Å². The third-order valence-corrected chi connectivity index (χ3v) is 2.56. The maximum absolute atomic E-state index is 13.6. The van der Waals surface area contributed by atoms with Crippen LogP contribution >= 0.6 is 12.2 Å². The van der Waals surface area contributed by atoms with Crippen molar-refractivity contribution in [3.63, 3.8) is 0 Å². The Hall–Kier alpha value is -1.99. The number of aromatic amines is 1. The average Bonchev–Trinajstić information content (AvgIpc) is 2.29. The van der Waals surface area contributed by atoms with E-state index in [0.717, 1.165) is 0 Å². The molecule has 0 atom stereocenters. The molecule has 0 aliphatic heterocycles. The maximum Gasteiger partial charge on any atom is 0.131 e. The predicted octanol–water partition coefficient (Wildman–Crippen LogP) is 3.42. The minimum atomic E-state index is -0.361. The van der Waals surface area contributed by atoms with Crippen molar-refractivity contribution in [3.05, 3.63) is 52.5 Å². The zero-order valence-corrected chi connectivity index (χ0v) is 9.01. The first-order valence-electron chi connectivity index (χ1n) is 4.60. The molecule has 1 N–H and O–H groups in total. The molecule has 1 aromatic heterocycles. The summed E-state index contributed by atoms with van der Waals surface area (Å²) in [7, 11) is 0. The molecule has 0 spiro atoms. The number of pyridine rings is 1. The third kappa shape index (κ3) is 1.73. The van der Waals surface area contributed by atoms with Crippen molar-refractivity contribution in [1.82, 2.24) is 4.98 Å². The largest absolute Gasteiger partial charge is 0.352 e. The second kappa shape index (κ2) is 4.25. The number of nitrogens with one attached hydrogen (secondary N) is 1. The van der Waals surface area contributed by atoms with Gasteiger partial charge in [-0.2, -0.15) is 5.26 Å². The minimum Gasteiger partial charge on any atom is -0.352 e. The highest BCUT2D eigenvalue weighted by Gasteiger charge is 2.09. The topological polar surface area (TPSA) is 39.6 Å². The van der Waals surface area contributed by atoms with Gasteiger partial charge < -0.3 is 4.98 Å². The summed E-state index contributed by atoms with van der Waals surface area (Å²) in [5.41, 5.74) is 1.20. The normalized spacial score (nSPS) is 9.75. The Morgan fingerprint density at radius 1 is 1.19 bits per heavy atom. The first-order valence-corrected chi connectivity index (χ1v) is 5.01. The van der Waals surface area contributed by atoms with Gasteiger partial charge in [-0.1, -0.05) is 30.4 Å². The molecule has 2 rings (SSSR count). The Bertz CT molecular complexity index is 625. The van der Waals surface area contributed by atoms with Gasteiger partial charge in [0, 0.05) is 17.3 Å². The van der Waals surface area contributed by atoms with Gasteiger partial charge in [0.25, 0.3) is 0 Å². The number of hydrogen-bond acceptors (Lipinski definition) is 2. The smallest absolute Gasteiger partial charge is 0.131 e. The summed E-state index contributed by atoms with van der Waals surface area (Å²) in [5.74, 6) is -0.361. The third-order valence-electron chi connectivity index (χ3n) is 2.24. The highest BCUT2D eigenvalue weighted by atomic mass is 32.1. The van der Waals surface area contributed by atoms with Crippen LogP contribution < -0.4 is 0 Å². The van der Waals surface area contributed by atoms with Gasteiger partial charge in [-0.05, 0) is 12.1 Å². The van der Waals surface area contributed by atoms with E-state index in [0.29, 0.717) is 21.3 Å². The molecule has 0 amide bonds. The summed E-state index contributed by atoms with van der Waals surface area (Å²) < 4.78 is 13.9. The Morgan fingerprint density at radius 3 is 2.62 bits per heavy atom. The molecular formula is C12H7FN2S. The highest BCUT2D eigenvalue weighted by Crippen LogP contribution is 2.25. The van der Waals surface area contributed by atoms with Crippen LogP contribution in [0.5, 0.6) is 0 Å². The SMILES string of the molecule is N#Cc1c(-c2ccccc2F)cc[nH]c1=S. The van der Waals surface area contributed by atoms with Crippen molar-refractivity contribution in [2.75, 3.05) is 0 Å². The Balaban J connectivity index is 2.76. The second-order valence-corrected chi connectivity index (χ2v) is 3.60. The zero-order valence-electron chi connectivity index (χ0n) is 8.20. The lowest BCUT2D eigenvalue weighted by Crippen LogP contribution is -1.90. The van der Waals surface area contributed by atoms with Gasteiger partial charge in [0.05, 0.1) is 5.56 Å². The van der Waals surface area contributed by atoms with E-state index >= 15 is 0 Å². The summed E-state index contributed by atoms with van der Waals surface area (Å²) in [5, 5.41) is 8.99. The van der Waals surface area contributed by atoms with Crippen LogP contribution in [0.1, 0.15) is 5.56 Å². The van der Waals surface area contributed by atoms with Crippen LogP contribution in [0, 0.1) is 21.8 Å². The zero-order chi connectivity index (χ0) is 11.5. The van der Waals surface area contributed by atoms with Gasteiger partial charge >= 0.3 is 0 Å². The predicted molar refractivity (Wildman–Crippen MR) is 61.7 cm³/mol. The summed E-state index contributed by atoms with van der Waals surface area (Å²) in [6.45, 7) is 0. The van der Waals surface area contributed by atoms with Gasteiger partial charge in [-0.3, -0.25) is 0 Å². The quantitative estimate of drug-likeness (QED) is 0.762. The molecule has 0 saturated carbocycles. The van der Waals surface area contributed by atoms with Crippen LogP contribution in [0.4, 0.5) is 4.39 Å². The van der Waals surface area contributed by atoms with E-state index in [1.807, 2.05) is 6.07 Å². The van der Waals surface area contributed by atoms with Crippen LogP contribution in [-0.2, 0) is 0 Å². The van der Waals surface area contributed by atoms with Gasteiger partial charge in [-0.25, -0.2) is 4.39 Å². The summed E-state index contributed by atoms with van der Waals surface area (Å²) >= 11 is 4.98. The fourth-order valence-electron chi connectivity index (χ4n) is 1.49. The Morgan fingerprint density at radius 2 is 1.94 bits per heavy atom. The lowest BCUT2D eigenvalue weighted by atomic mass is 10.0. The number of nitriles is 1. The summed E-state index contributed by atoms with van der Waals surface area (Å²) in [6.07, 6.45) is 1.60. The van der Waals surface area contributed by atoms with E-state index in [4.69, 9.17) is 17.5 Å².